The summed E-state index contributed by atoms with van der Waals surface area (Å²) in [4.78, 5) is 0. The molecule has 0 aromatic heterocycles. The second kappa shape index (κ2) is 4.23. The topological polar surface area (TPSA) is 0 Å². The van der Waals surface area contributed by atoms with E-state index in [-0.39, 0.29) is 0 Å². The number of rotatable bonds is 2. The van der Waals surface area contributed by atoms with Crippen molar-refractivity contribution < 1.29 is 0 Å². The van der Waals surface area contributed by atoms with Crippen LogP contribution in [0.1, 0.15) is 0 Å². The zero-order valence-corrected chi connectivity index (χ0v) is 11.4. The van der Waals surface area contributed by atoms with Gasteiger partial charge in [-0.05, 0) is 0 Å². The van der Waals surface area contributed by atoms with Gasteiger partial charge in [0.25, 0.3) is 0 Å². The van der Waals surface area contributed by atoms with Gasteiger partial charge in [0.15, 0.2) is 0 Å². The SMILES string of the molecule is [CH3][Ge]([CH3])([c]1ccccc1)[c]1ccccc1. The molecule has 2 aromatic carbocycles. The first kappa shape index (κ1) is 10.5. The summed E-state index contributed by atoms with van der Waals surface area (Å²) in [5.74, 6) is 4.90. The summed E-state index contributed by atoms with van der Waals surface area (Å²) < 4.78 is 3.09. The van der Waals surface area contributed by atoms with E-state index in [1.54, 1.807) is 8.79 Å². The number of benzene rings is 2. The molecule has 0 bridgehead atoms. The monoisotopic (exact) mass is 258 g/mol. The molecule has 0 amide bonds. The Morgan fingerprint density at radius 1 is 0.600 bits per heavy atom. The third-order valence-electron chi connectivity index (χ3n) is 2.99. The van der Waals surface area contributed by atoms with Gasteiger partial charge < -0.3 is 0 Å². The number of hydrogen-bond acceptors (Lipinski definition) is 0. The standard InChI is InChI=1S/C14H16Ge/c1-15(2,13-9-5-3-6-10-13)14-11-7-4-8-12-14/h3-12H,1-2H3. The first-order valence-corrected chi connectivity index (χ1v) is 11.6. The van der Waals surface area contributed by atoms with Crippen LogP contribution in [0.2, 0.25) is 11.5 Å². The van der Waals surface area contributed by atoms with Crippen molar-refractivity contribution in [1.82, 2.24) is 0 Å². The van der Waals surface area contributed by atoms with Gasteiger partial charge >= 0.3 is 94.2 Å². The van der Waals surface area contributed by atoms with Crippen LogP contribution >= 0.6 is 0 Å². The van der Waals surface area contributed by atoms with E-state index in [1.165, 1.54) is 0 Å². The Labute approximate surface area is 94.3 Å². The Bertz CT molecular complexity index is 376. The van der Waals surface area contributed by atoms with Crippen molar-refractivity contribution in [2.45, 2.75) is 11.5 Å². The molecule has 0 fully saturated rings. The van der Waals surface area contributed by atoms with Crippen LogP contribution in [0.3, 0.4) is 0 Å². The summed E-state index contributed by atoms with van der Waals surface area (Å²) in [7, 11) is 0. The van der Waals surface area contributed by atoms with Crippen LogP contribution in [0, 0.1) is 0 Å². The molecule has 0 unspecified atom stereocenters. The summed E-state index contributed by atoms with van der Waals surface area (Å²) in [6.45, 7) is 0. The Balaban J connectivity index is 2.44. The summed E-state index contributed by atoms with van der Waals surface area (Å²) in [5.41, 5.74) is 0. The quantitative estimate of drug-likeness (QED) is 0.725. The van der Waals surface area contributed by atoms with Crippen molar-refractivity contribution in [3.05, 3.63) is 60.7 Å². The zero-order valence-electron chi connectivity index (χ0n) is 9.27. The van der Waals surface area contributed by atoms with Crippen molar-refractivity contribution >= 4 is 22.1 Å². The fourth-order valence-electron chi connectivity index (χ4n) is 1.88. The molecule has 0 aliphatic carbocycles. The average molecular weight is 257 g/mol. The van der Waals surface area contributed by atoms with Gasteiger partial charge in [0.1, 0.15) is 0 Å². The average Bonchev–Trinajstić information content (AvgIpc) is 2.31. The van der Waals surface area contributed by atoms with Gasteiger partial charge in [-0.1, -0.05) is 0 Å². The van der Waals surface area contributed by atoms with Crippen LogP contribution in [0.15, 0.2) is 60.7 Å². The molecular weight excluding hydrogens is 241 g/mol. The fraction of sp³-hybridized carbons (Fsp3) is 0.143. The molecule has 1 heteroatoms. The molecule has 2 rings (SSSR count). The van der Waals surface area contributed by atoms with Gasteiger partial charge in [-0.15, -0.1) is 0 Å². The van der Waals surface area contributed by atoms with E-state index in [0.29, 0.717) is 0 Å². The molecule has 0 aliphatic heterocycles. The molecule has 0 atom stereocenters. The summed E-state index contributed by atoms with van der Waals surface area (Å²) in [6, 6.07) is 21.8. The Morgan fingerprint density at radius 3 is 1.27 bits per heavy atom. The maximum atomic E-state index is 2.45. The van der Waals surface area contributed by atoms with Crippen molar-refractivity contribution in [3.8, 4) is 0 Å². The van der Waals surface area contributed by atoms with Gasteiger partial charge in [-0.2, -0.15) is 0 Å². The summed E-state index contributed by atoms with van der Waals surface area (Å²) >= 11 is -2.00. The third kappa shape index (κ3) is 2.15. The molecule has 0 saturated heterocycles. The third-order valence-corrected chi connectivity index (χ3v) is 10.4. The predicted molar refractivity (Wildman–Crippen MR) is 69.6 cm³/mol. The predicted octanol–water partition coefficient (Wildman–Crippen LogP) is 2.51. The molecule has 0 nitrogen and oxygen atoms in total. The normalized spacial score (nSPS) is 11.3. The maximum absolute atomic E-state index is 2.45. The molecule has 0 N–H and O–H groups in total. The molecule has 0 saturated carbocycles. The van der Waals surface area contributed by atoms with Gasteiger partial charge in [0, 0.05) is 0 Å². The Morgan fingerprint density at radius 2 is 0.933 bits per heavy atom. The molecule has 76 valence electrons. The van der Waals surface area contributed by atoms with Crippen LogP contribution in [0.25, 0.3) is 0 Å². The molecule has 0 radical (unpaired) electrons. The minimum absolute atomic E-state index is 1.55. The van der Waals surface area contributed by atoms with Crippen molar-refractivity contribution in [2.75, 3.05) is 0 Å². The van der Waals surface area contributed by atoms with Crippen LogP contribution in [-0.4, -0.2) is 13.3 Å². The molecule has 2 aromatic rings. The molecule has 0 heterocycles. The first-order chi connectivity index (χ1) is 7.21. The van der Waals surface area contributed by atoms with E-state index >= 15 is 0 Å². The van der Waals surface area contributed by atoms with E-state index in [4.69, 9.17) is 0 Å². The van der Waals surface area contributed by atoms with Crippen LogP contribution in [-0.2, 0) is 0 Å². The molecular formula is C14H16Ge. The van der Waals surface area contributed by atoms with Gasteiger partial charge in [0.2, 0.25) is 0 Å². The second-order valence-corrected chi connectivity index (χ2v) is 13.6. The fourth-order valence-corrected chi connectivity index (χ4v) is 6.88. The van der Waals surface area contributed by atoms with Gasteiger partial charge in [-0.25, -0.2) is 0 Å². The summed E-state index contributed by atoms with van der Waals surface area (Å²) in [5, 5.41) is 0. The Kier molecular flexibility index (Phi) is 2.96. The second-order valence-electron chi connectivity index (χ2n) is 4.36. The molecule has 0 spiro atoms. The molecule has 0 aliphatic rings. The van der Waals surface area contributed by atoms with Crippen LogP contribution in [0.5, 0.6) is 0 Å². The van der Waals surface area contributed by atoms with Crippen molar-refractivity contribution in [3.63, 3.8) is 0 Å². The first-order valence-electron chi connectivity index (χ1n) is 5.32. The van der Waals surface area contributed by atoms with Crippen molar-refractivity contribution in [1.29, 1.82) is 0 Å². The minimum atomic E-state index is -2.00. The van der Waals surface area contributed by atoms with Crippen LogP contribution < -0.4 is 8.79 Å². The zero-order chi connectivity index (χ0) is 10.7. The van der Waals surface area contributed by atoms with E-state index in [1.807, 2.05) is 0 Å². The van der Waals surface area contributed by atoms with Crippen molar-refractivity contribution in [2.24, 2.45) is 0 Å². The van der Waals surface area contributed by atoms with E-state index < -0.39 is 13.3 Å². The Hall–Kier alpha value is -1.02. The van der Waals surface area contributed by atoms with Gasteiger partial charge in [-0.3, -0.25) is 0 Å². The molecule has 15 heavy (non-hydrogen) atoms. The van der Waals surface area contributed by atoms with Crippen LogP contribution in [0.4, 0.5) is 0 Å². The number of hydrogen-bond donors (Lipinski definition) is 0. The van der Waals surface area contributed by atoms with Gasteiger partial charge in [0.05, 0.1) is 0 Å². The van der Waals surface area contributed by atoms with E-state index in [0.717, 1.165) is 0 Å². The summed E-state index contributed by atoms with van der Waals surface area (Å²) in [6.07, 6.45) is 0. The van der Waals surface area contributed by atoms with E-state index in [9.17, 15) is 0 Å². The van der Waals surface area contributed by atoms with E-state index in [2.05, 4.69) is 72.2 Å².